The van der Waals surface area contributed by atoms with Gasteiger partial charge >= 0.3 is 6.18 Å². The van der Waals surface area contributed by atoms with Crippen LogP contribution in [0.4, 0.5) is 24.7 Å². The molecule has 0 spiro atoms. The lowest BCUT2D eigenvalue weighted by Gasteiger charge is -2.06. The summed E-state index contributed by atoms with van der Waals surface area (Å²) in [5.74, 6) is -2.62. The van der Waals surface area contributed by atoms with E-state index in [4.69, 9.17) is 10.2 Å². The smallest absolute Gasteiger partial charge is 0.431 e. The van der Waals surface area contributed by atoms with Gasteiger partial charge in [-0.25, -0.2) is 9.97 Å². The Labute approximate surface area is 139 Å². The van der Waals surface area contributed by atoms with E-state index in [1.54, 1.807) is 18.2 Å². The molecule has 25 heavy (non-hydrogen) atoms. The number of alkyl halides is 3. The van der Waals surface area contributed by atoms with Gasteiger partial charge < -0.3 is 15.5 Å². The lowest BCUT2D eigenvalue weighted by atomic mass is 10.2. The number of aromatic nitrogens is 2. The van der Waals surface area contributed by atoms with Gasteiger partial charge in [0.15, 0.2) is 5.69 Å². The van der Waals surface area contributed by atoms with Crippen LogP contribution in [-0.4, -0.2) is 15.9 Å². The summed E-state index contributed by atoms with van der Waals surface area (Å²) in [6.45, 7) is 0. The number of benzene rings is 1. The molecular weight excluding hydrogens is 337 g/mol. The zero-order chi connectivity index (χ0) is 18.0. The van der Waals surface area contributed by atoms with Crippen LogP contribution in [0.25, 0.3) is 11.5 Å². The van der Waals surface area contributed by atoms with Crippen molar-refractivity contribution in [3.63, 3.8) is 0 Å². The molecule has 0 unspecified atom stereocenters. The molecule has 3 rings (SSSR count). The first-order valence-corrected chi connectivity index (χ1v) is 7.01. The molecule has 1 amide bonds. The molecular formula is C16H11F3N4O2. The fraction of sp³-hybridized carbons (Fsp3) is 0.0625. The van der Waals surface area contributed by atoms with E-state index in [1.165, 1.54) is 30.5 Å². The normalized spacial score (nSPS) is 11.3. The number of nitrogens with zero attached hydrogens (tertiary/aromatic N) is 2. The molecule has 3 aromatic rings. The van der Waals surface area contributed by atoms with Crippen molar-refractivity contribution in [3.05, 3.63) is 60.1 Å². The molecule has 0 aliphatic carbocycles. The second-order valence-corrected chi connectivity index (χ2v) is 4.99. The second kappa shape index (κ2) is 6.27. The van der Waals surface area contributed by atoms with Crippen LogP contribution < -0.4 is 11.1 Å². The Bertz CT molecular complexity index is 890. The molecule has 128 valence electrons. The van der Waals surface area contributed by atoms with Gasteiger partial charge in [-0.15, -0.1) is 0 Å². The third kappa shape index (κ3) is 3.60. The minimum absolute atomic E-state index is 0.177. The summed E-state index contributed by atoms with van der Waals surface area (Å²) in [6.07, 6.45) is -3.65. The van der Waals surface area contributed by atoms with E-state index < -0.39 is 23.5 Å². The van der Waals surface area contributed by atoms with Crippen LogP contribution in [0.3, 0.4) is 0 Å². The number of amides is 1. The molecule has 2 heterocycles. The maximum Gasteiger partial charge on any atom is 0.452 e. The number of rotatable bonds is 3. The Morgan fingerprint density at radius 2 is 1.84 bits per heavy atom. The second-order valence-electron chi connectivity index (χ2n) is 4.99. The third-order valence-electron chi connectivity index (χ3n) is 3.16. The monoisotopic (exact) mass is 348 g/mol. The predicted octanol–water partition coefficient (Wildman–Crippen LogP) is 3.59. The number of nitrogens with one attached hydrogen (secondary N) is 1. The standard InChI is InChI=1S/C16H11F3N4O2/c17-16(18,19)13-12(14(24)22-10-6-7-11(20)21-8-10)23-15(25-13)9-4-2-1-3-5-9/h1-8H,(H2,20,21)(H,22,24). The number of carbonyl (C=O) groups excluding carboxylic acids is 1. The van der Waals surface area contributed by atoms with Crippen molar-refractivity contribution in [2.75, 3.05) is 11.1 Å². The highest BCUT2D eigenvalue weighted by atomic mass is 19.4. The van der Waals surface area contributed by atoms with Crippen molar-refractivity contribution in [1.82, 2.24) is 9.97 Å². The minimum Gasteiger partial charge on any atom is -0.431 e. The summed E-state index contributed by atoms with van der Waals surface area (Å²) in [7, 11) is 0. The molecule has 0 bridgehead atoms. The first-order valence-electron chi connectivity index (χ1n) is 7.01. The topological polar surface area (TPSA) is 94.0 Å². The van der Waals surface area contributed by atoms with Crippen LogP contribution in [0, 0.1) is 0 Å². The van der Waals surface area contributed by atoms with Gasteiger partial charge in [0.2, 0.25) is 11.7 Å². The zero-order valence-corrected chi connectivity index (χ0v) is 12.5. The van der Waals surface area contributed by atoms with Crippen molar-refractivity contribution in [1.29, 1.82) is 0 Å². The van der Waals surface area contributed by atoms with E-state index in [0.717, 1.165) is 0 Å². The fourth-order valence-corrected chi connectivity index (χ4v) is 2.04. The van der Waals surface area contributed by atoms with E-state index in [-0.39, 0.29) is 17.4 Å². The van der Waals surface area contributed by atoms with Crippen molar-refractivity contribution < 1.29 is 22.4 Å². The first-order chi connectivity index (χ1) is 11.8. The van der Waals surface area contributed by atoms with Crippen molar-refractivity contribution in [2.24, 2.45) is 0 Å². The van der Waals surface area contributed by atoms with Gasteiger partial charge in [-0.05, 0) is 24.3 Å². The first kappa shape index (κ1) is 16.5. The Morgan fingerprint density at radius 3 is 2.44 bits per heavy atom. The van der Waals surface area contributed by atoms with Crippen LogP contribution in [-0.2, 0) is 6.18 Å². The van der Waals surface area contributed by atoms with Crippen molar-refractivity contribution in [2.45, 2.75) is 6.18 Å². The molecule has 0 saturated heterocycles. The minimum atomic E-state index is -4.87. The molecule has 0 atom stereocenters. The van der Waals surface area contributed by atoms with E-state index in [1.807, 2.05) is 0 Å². The number of nitrogens with two attached hydrogens (primary N) is 1. The average Bonchev–Trinajstić information content (AvgIpc) is 3.04. The summed E-state index contributed by atoms with van der Waals surface area (Å²) in [6, 6.07) is 10.8. The molecule has 6 nitrogen and oxygen atoms in total. The maximum atomic E-state index is 13.2. The highest BCUT2D eigenvalue weighted by Crippen LogP contribution is 2.35. The number of anilines is 2. The van der Waals surface area contributed by atoms with Crippen LogP contribution in [0.15, 0.2) is 53.1 Å². The van der Waals surface area contributed by atoms with Gasteiger partial charge in [-0.1, -0.05) is 18.2 Å². The number of carbonyl (C=O) groups is 1. The van der Waals surface area contributed by atoms with Crippen LogP contribution in [0.2, 0.25) is 0 Å². The number of nitrogen functional groups attached to an aromatic ring is 1. The number of halogens is 3. The van der Waals surface area contributed by atoms with E-state index in [2.05, 4.69) is 15.3 Å². The molecule has 0 fully saturated rings. The molecule has 0 aliphatic heterocycles. The zero-order valence-electron chi connectivity index (χ0n) is 12.5. The van der Waals surface area contributed by atoms with Gasteiger partial charge in [0.1, 0.15) is 5.82 Å². The highest BCUT2D eigenvalue weighted by molar-refractivity contribution is 6.03. The van der Waals surface area contributed by atoms with E-state index >= 15 is 0 Å². The summed E-state index contributed by atoms with van der Waals surface area (Å²) in [5, 5.41) is 2.28. The molecule has 0 radical (unpaired) electrons. The fourth-order valence-electron chi connectivity index (χ4n) is 2.04. The summed E-state index contributed by atoms with van der Waals surface area (Å²) >= 11 is 0. The van der Waals surface area contributed by atoms with Crippen LogP contribution in [0.1, 0.15) is 16.2 Å². The van der Waals surface area contributed by atoms with Gasteiger partial charge in [0.25, 0.3) is 5.91 Å². The van der Waals surface area contributed by atoms with Crippen molar-refractivity contribution in [3.8, 4) is 11.5 Å². The van der Waals surface area contributed by atoms with E-state index in [9.17, 15) is 18.0 Å². The number of hydrogen-bond acceptors (Lipinski definition) is 5. The van der Waals surface area contributed by atoms with E-state index in [0.29, 0.717) is 5.56 Å². The Balaban J connectivity index is 1.97. The lowest BCUT2D eigenvalue weighted by molar-refractivity contribution is -0.153. The van der Waals surface area contributed by atoms with Crippen LogP contribution in [0.5, 0.6) is 0 Å². The van der Waals surface area contributed by atoms with Gasteiger partial charge in [0, 0.05) is 5.56 Å². The van der Waals surface area contributed by atoms with Crippen LogP contribution >= 0.6 is 0 Å². The summed E-state index contributed by atoms with van der Waals surface area (Å²) < 4.78 is 44.4. The lowest BCUT2D eigenvalue weighted by Crippen LogP contribution is -2.18. The highest BCUT2D eigenvalue weighted by Gasteiger charge is 2.42. The van der Waals surface area contributed by atoms with Gasteiger partial charge in [0.05, 0.1) is 11.9 Å². The third-order valence-corrected chi connectivity index (χ3v) is 3.16. The molecule has 1 aromatic carbocycles. The number of pyridine rings is 1. The summed E-state index contributed by atoms with van der Waals surface area (Å²) in [4.78, 5) is 19.7. The average molecular weight is 348 g/mol. The largest absolute Gasteiger partial charge is 0.452 e. The molecule has 0 aliphatic rings. The maximum absolute atomic E-state index is 13.2. The SMILES string of the molecule is Nc1ccc(NC(=O)c2nc(-c3ccccc3)oc2C(F)(F)F)cn1. The number of hydrogen-bond donors (Lipinski definition) is 2. The Morgan fingerprint density at radius 1 is 1.12 bits per heavy atom. The molecule has 9 heteroatoms. The summed E-state index contributed by atoms with van der Waals surface area (Å²) in [5.41, 5.74) is 5.06. The predicted molar refractivity (Wildman–Crippen MR) is 83.5 cm³/mol. The molecule has 2 aromatic heterocycles. The van der Waals surface area contributed by atoms with Gasteiger partial charge in [-0.3, -0.25) is 4.79 Å². The number of oxazole rings is 1. The van der Waals surface area contributed by atoms with Gasteiger partial charge in [-0.2, -0.15) is 13.2 Å². The molecule has 0 saturated carbocycles. The van der Waals surface area contributed by atoms with Crippen molar-refractivity contribution >= 4 is 17.4 Å². The Kier molecular flexibility index (Phi) is 4.14. The Hall–Kier alpha value is -3.36. The molecule has 3 N–H and O–H groups in total. The quantitative estimate of drug-likeness (QED) is 0.754.